The Hall–Kier alpha value is -2.27. The molecule has 0 spiro atoms. The molecule has 0 aliphatic carbocycles. The molecule has 0 unspecified atom stereocenters. The zero-order valence-corrected chi connectivity index (χ0v) is 10.5. The fraction of sp³-hybridized carbons (Fsp3) is 0.188. The van der Waals surface area contributed by atoms with Gasteiger partial charge in [-0.15, -0.1) is 0 Å². The number of hydrogen-bond acceptors (Lipinski definition) is 2. The van der Waals surface area contributed by atoms with Crippen molar-refractivity contribution >= 4 is 0 Å². The summed E-state index contributed by atoms with van der Waals surface area (Å²) in [6.07, 6.45) is 0. The molecular formula is C16H14NO. The average Bonchev–Trinajstić information content (AvgIpc) is 2.46. The highest BCUT2D eigenvalue weighted by atomic mass is 16.5. The summed E-state index contributed by atoms with van der Waals surface area (Å²) < 4.78 is 5.14. The lowest BCUT2D eigenvalue weighted by Gasteiger charge is -2.12. The van der Waals surface area contributed by atoms with Crippen molar-refractivity contribution in [2.24, 2.45) is 0 Å². The van der Waals surface area contributed by atoms with Gasteiger partial charge in [-0.05, 0) is 29.3 Å². The predicted molar refractivity (Wildman–Crippen MR) is 70.5 cm³/mol. The van der Waals surface area contributed by atoms with Crippen LogP contribution in [0.15, 0.2) is 42.5 Å². The van der Waals surface area contributed by atoms with Crippen molar-refractivity contribution in [1.82, 2.24) is 0 Å². The number of hydrogen-bond donors (Lipinski definition) is 0. The van der Waals surface area contributed by atoms with Crippen LogP contribution in [0, 0.1) is 17.4 Å². The van der Waals surface area contributed by atoms with E-state index in [-0.39, 0.29) is 5.92 Å². The number of ether oxygens (including phenoxy) is 1. The summed E-state index contributed by atoms with van der Waals surface area (Å²) in [7, 11) is 1.66. The molecule has 1 atom stereocenters. The molecular weight excluding hydrogens is 222 g/mol. The highest BCUT2D eigenvalue weighted by molar-refractivity contribution is 5.38. The summed E-state index contributed by atoms with van der Waals surface area (Å²) in [4.78, 5) is 0. The van der Waals surface area contributed by atoms with E-state index in [2.05, 4.69) is 19.1 Å². The van der Waals surface area contributed by atoms with Crippen molar-refractivity contribution < 1.29 is 4.74 Å². The van der Waals surface area contributed by atoms with Crippen LogP contribution >= 0.6 is 0 Å². The second-order valence-electron chi connectivity index (χ2n) is 4.13. The third-order valence-corrected chi connectivity index (χ3v) is 3.02. The van der Waals surface area contributed by atoms with Gasteiger partial charge >= 0.3 is 0 Å². The lowest BCUT2D eigenvalue weighted by Crippen LogP contribution is -1.97. The van der Waals surface area contributed by atoms with Crippen molar-refractivity contribution in [3.8, 4) is 11.8 Å². The molecule has 0 saturated carbocycles. The average molecular weight is 236 g/mol. The molecule has 0 N–H and O–H groups in total. The van der Waals surface area contributed by atoms with Crippen molar-refractivity contribution in [2.45, 2.75) is 12.8 Å². The lowest BCUT2D eigenvalue weighted by molar-refractivity contribution is 0.414. The minimum atomic E-state index is 0.212. The van der Waals surface area contributed by atoms with Crippen LogP contribution in [-0.2, 0) is 0 Å². The maximum absolute atomic E-state index is 8.88. The fourth-order valence-corrected chi connectivity index (χ4v) is 1.88. The van der Waals surface area contributed by atoms with E-state index in [0.29, 0.717) is 5.56 Å². The van der Waals surface area contributed by atoms with Crippen molar-refractivity contribution in [1.29, 1.82) is 5.26 Å². The Morgan fingerprint density at radius 2 is 1.89 bits per heavy atom. The zero-order chi connectivity index (χ0) is 13.0. The topological polar surface area (TPSA) is 33.0 Å². The van der Waals surface area contributed by atoms with E-state index in [1.54, 1.807) is 13.2 Å². The van der Waals surface area contributed by atoms with Gasteiger partial charge in [-0.3, -0.25) is 0 Å². The normalized spacial score (nSPS) is 11.6. The predicted octanol–water partition coefficient (Wildman–Crippen LogP) is 3.52. The first kappa shape index (κ1) is 12.2. The van der Waals surface area contributed by atoms with Gasteiger partial charge in [0.2, 0.25) is 0 Å². The molecule has 0 aliphatic rings. The Balaban J connectivity index is 2.29. The minimum absolute atomic E-state index is 0.212. The molecule has 2 heteroatoms. The molecule has 18 heavy (non-hydrogen) atoms. The number of nitrogens with zero attached hydrogens (tertiary/aromatic N) is 1. The number of benzene rings is 2. The molecule has 0 aliphatic heterocycles. The quantitative estimate of drug-likeness (QED) is 0.816. The molecule has 0 heterocycles. The van der Waals surface area contributed by atoms with Gasteiger partial charge in [-0.2, -0.15) is 5.26 Å². The molecule has 0 amide bonds. The summed E-state index contributed by atoms with van der Waals surface area (Å²) in [5.41, 5.74) is 2.79. The molecule has 0 bridgehead atoms. The first-order valence-electron chi connectivity index (χ1n) is 5.81. The van der Waals surface area contributed by atoms with Gasteiger partial charge in [0.1, 0.15) is 5.75 Å². The van der Waals surface area contributed by atoms with Crippen LogP contribution in [-0.4, -0.2) is 7.11 Å². The summed E-state index contributed by atoms with van der Waals surface area (Å²) in [5, 5.41) is 8.88. The summed E-state index contributed by atoms with van der Waals surface area (Å²) in [5.74, 6) is 1.06. The molecule has 2 aromatic rings. The fourth-order valence-electron chi connectivity index (χ4n) is 1.88. The number of nitriles is 1. The van der Waals surface area contributed by atoms with Gasteiger partial charge in [-0.25, -0.2) is 0 Å². The summed E-state index contributed by atoms with van der Waals surface area (Å²) in [6.45, 7) is 2.11. The van der Waals surface area contributed by atoms with Gasteiger partial charge in [0.05, 0.1) is 18.7 Å². The zero-order valence-electron chi connectivity index (χ0n) is 10.5. The number of rotatable bonds is 3. The maximum atomic E-state index is 8.88. The van der Waals surface area contributed by atoms with E-state index in [0.717, 1.165) is 11.3 Å². The Bertz CT molecular complexity index is 566. The van der Waals surface area contributed by atoms with Gasteiger partial charge < -0.3 is 4.74 Å². The Labute approximate surface area is 107 Å². The molecule has 2 rings (SSSR count). The standard InChI is InChI=1S/C16H14NO/c1-12(14-6-8-16(18-2)9-7-14)15-5-3-4-13(10-15)11-17/h3-9,12H,1-2H3/t12-/m1/s1. The van der Waals surface area contributed by atoms with Crippen LogP contribution in [0.5, 0.6) is 5.75 Å². The van der Waals surface area contributed by atoms with Crippen LogP contribution in [0.25, 0.3) is 0 Å². The van der Waals surface area contributed by atoms with Gasteiger partial charge in [0.25, 0.3) is 0 Å². The van der Waals surface area contributed by atoms with E-state index >= 15 is 0 Å². The third-order valence-electron chi connectivity index (χ3n) is 3.02. The molecule has 89 valence electrons. The third kappa shape index (κ3) is 2.52. The van der Waals surface area contributed by atoms with Crippen molar-refractivity contribution in [3.05, 3.63) is 65.2 Å². The molecule has 1 radical (unpaired) electrons. The van der Waals surface area contributed by atoms with Crippen LogP contribution in [0.1, 0.15) is 29.5 Å². The second-order valence-corrected chi connectivity index (χ2v) is 4.13. The first-order chi connectivity index (χ1) is 8.74. The minimum Gasteiger partial charge on any atom is -0.497 e. The maximum Gasteiger partial charge on any atom is 0.118 e. The van der Waals surface area contributed by atoms with E-state index in [1.165, 1.54) is 5.56 Å². The highest BCUT2D eigenvalue weighted by Crippen LogP contribution is 2.25. The summed E-state index contributed by atoms with van der Waals surface area (Å²) >= 11 is 0. The molecule has 0 aromatic heterocycles. The van der Waals surface area contributed by atoms with E-state index in [4.69, 9.17) is 10.00 Å². The molecule has 2 nitrogen and oxygen atoms in total. The SMILES string of the molecule is COc1ccc([C@@H](C)c2[c]c(C#N)ccc2)cc1. The van der Waals surface area contributed by atoms with E-state index in [9.17, 15) is 0 Å². The number of methoxy groups -OCH3 is 1. The largest absolute Gasteiger partial charge is 0.497 e. The monoisotopic (exact) mass is 236 g/mol. The smallest absolute Gasteiger partial charge is 0.118 e. The first-order valence-corrected chi connectivity index (χ1v) is 5.81. The molecule has 0 saturated heterocycles. The van der Waals surface area contributed by atoms with E-state index in [1.807, 2.05) is 36.4 Å². The van der Waals surface area contributed by atoms with Gasteiger partial charge in [-0.1, -0.05) is 31.2 Å². The van der Waals surface area contributed by atoms with Gasteiger partial charge in [0.15, 0.2) is 0 Å². The van der Waals surface area contributed by atoms with Crippen molar-refractivity contribution in [2.75, 3.05) is 7.11 Å². The van der Waals surface area contributed by atoms with Crippen LogP contribution < -0.4 is 4.74 Å². The Kier molecular flexibility index (Phi) is 3.64. The Morgan fingerprint density at radius 3 is 2.50 bits per heavy atom. The Morgan fingerprint density at radius 1 is 1.17 bits per heavy atom. The van der Waals surface area contributed by atoms with Crippen LogP contribution in [0.4, 0.5) is 0 Å². The van der Waals surface area contributed by atoms with Crippen LogP contribution in [0.3, 0.4) is 0 Å². The molecule has 2 aromatic carbocycles. The van der Waals surface area contributed by atoms with Gasteiger partial charge in [0, 0.05) is 12.0 Å². The highest BCUT2D eigenvalue weighted by Gasteiger charge is 2.09. The molecule has 0 fully saturated rings. The lowest BCUT2D eigenvalue weighted by atomic mass is 9.92. The van der Waals surface area contributed by atoms with E-state index < -0.39 is 0 Å². The van der Waals surface area contributed by atoms with Crippen molar-refractivity contribution in [3.63, 3.8) is 0 Å². The van der Waals surface area contributed by atoms with Crippen LogP contribution in [0.2, 0.25) is 0 Å². The summed E-state index contributed by atoms with van der Waals surface area (Å²) in [6, 6.07) is 18.9. The second kappa shape index (κ2) is 5.37.